The van der Waals surface area contributed by atoms with Crippen LogP contribution in [-0.2, 0) is 20.2 Å². The van der Waals surface area contributed by atoms with Crippen LogP contribution in [0.1, 0.15) is 34.9 Å². The maximum Gasteiger partial charge on any atom is 0.264 e. The highest BCUT2D eigenvalue weighted by Gasteiger charge is 2.64. The lowest BCUT2D eigenvalue weighted by atomic mass is 9.89. The van der Waals surface area contributed by atoms with E-state index in [-0.39, 0.29) is 4.90 Å². The number of nitrogens with zero attached hydrogens (tertiary/aromatic N) is 3. The molecule has 10 heteroatoms. The molecule has 0 aliphatic heterocycles. The van der Waals surface area contributed by atoms with Crippen molar-refractivity contribution in [2.24, 2.45) is 0 Å². The molecule has 0 spiro atoms. The van der Waals surface area contributed by atoms with Crippen LogP contribution < -0.4 is 14.2 Å². The third-order valence-corrected chi connectivity index (χ3v) is 8.15. The van der Waals surface area contributed by atoms with E-state index >= 15 is 0 Å². The van der Waals surface area contributed by atoms with Crippen molar-refractivity contribution < 1.29 is 22.7 Å². The van der Waals surface area contributed by atoms with Crippen LogP contribution in [0, 0.1) is 13.8 Å². The van der Waals surface area contributed by atoms with Gasteiger partial charge in [-0.05, 0) is 50.6 Å². The molecule has 0 radical (unpaired) electrons. The lowest BCUT2D eigenvalue weighted by Gasteiger charge is -2.21. The average Bonchev–Trinajstić information content (AvgIpc) is 3.65. The number of hydrogen-bond acceptors (Lipinski definition) is 8. The summed E-state index contributed by atoms with van der Waals surface area (Å²) in [6.07, 6.45) is 3.37. The van der Waals surface area contributed by atoms with Crippen molar-refractivity contribution in [3.05, 3.63) is 83.4 Å². The summed E-state index contributed by atoms with van der Waals surface area (Å²) in [4.78, 5) is 27.0. The van der Waals surface area contributed by atoms with Gasteiger partial charge in [-0.1, -0.05) is 23.8 Å². The zero-order chi connectivity index (χ0) is 26.4. The molecule has 5 rings (SSSR count). The molecule has 37 heavy (non-hydrogen) atoms. The highest BCUT2D eigenvalue weighted by molar-refractivity contribution is 7.90. The summed E-state index contributed by atoms with van der Waals surface area (Å²) in [5.74, 6) is -0.230. The molecule has 190 valence electrons. The number of sulfonamides is 1. The molecule has 9 nitrogen and oxygen atoms in total. The van der Waals surface area contributed by atoms with Gasteiger partial charge in [-0.2, -0.15) is 0 Å². The second kappa shape index (κ2) is 9.11. The van der Waals surface area contributed by atoms with E-state index in [1.165, 1.54) is 26.5 Å². The minimum absolute atomic E-state index is 0.0151. The summed E-state index contributed by atoms with van der Waals surface area (Å²) in [6.45, 7) is 3.73. The molecule has 1 fully saturated rings. The third kappa shape index (κ3) is 4.27. The number of carbonyl (C=O) groups is 1. The van der Waals surface area contributed by atoms with E-state index in [2.05, 4.69) is 19.7 Å². The maximum atomic E-state index is 14.0. The number of carbonyl (C=O) groups excluding carboxylic acids is 1. The maximum absolute atomic E-state index is 14.0. The van der Waals surface area contributed by atoms with Gasteiger partial charge in [-0.15, -0.1) is 0 Å². The molecule has 0 saturated heterocycles. The number of nitrogens with one attached hydrogen (secondary N) is 1. The van der Waals surface area contributed by atoms with Crippen LogP contribution in [0.3, 0.4) is 0 Å². The number of methoxy groups -OCH3 is 2. The fraction of sp³-hybridized carbons (Fsp3) is 0.259. The molecule has 1 N–H and O–H groups in total. The number of benzene rings is 2. The summed E-state index contributed by atoms with van der Waals surface area (Å²) in [5.41, 5.74) is 2.14. The summed E-state index contributed by atoms with van der Waals surface area (Å²) >= 11 is 0. The van der Waals surface area contributed by atoms with Gasteiger partial charge in [0, 0.05) is 22.6 Å². The Labute approximate surface area is 214 Å². The number of hydrogen-bond donors (Lipinski definition) is 1. The molecule has 2 aromatic carbocycles. The Morgan fingerprint density at radius 1 is 1.03 bits per heavy atom. The smallest absolute Gasteiger partial charge is 0.264 e. The topological polar surface area (TPSA) is 120 Å². The molecule has 1 saturated carbocycles. The largest absolute Gasteiger partial charge is 0.496 e. The summed E-state index contributed by atoms with van der Waals surface area (Å²) in [5, 5.41) is 0.434. The van der Waals surface area contributed by atoms with Crippen LogP contribution in [-0.4, -0.2) is 43.5 Å². The van der Waals surface area contributed by atoms with Crippen LogP contribution in [0.25, 0.3) is 10.9 Å². The van der Waals surface area contributed by atoms with Crippen molar-refractivity contribution in [2.45, 2.75) is 36.5 Å². The molecule has 2 aromatic heterocycles. The summed E-state index contributed by atoms with van der Waals surface area (Å²) in [7, 11) is -1.22. The van der Waals surface area contributed by atoms with Gasteiger partial charge >= 0.3 is 0 Å². The first-order chi connectivity index (χ1) is 17.7. The highest BCUT2D eigenvalue weighted by atomic mass is 32.2. The van der Waals surface area contributed by atoms with Crippen LogP contribution >= 0.6 is 0 Å². The van der Waals surface area contributed by atoms with Crippen molar-refractivity contribution in [3.8, 4) is 11.6 Å². The number of pyridine rings is 1. The van der Waals surface area contributed by atoms with Gasteiger partial charge in [-0.3, -0.25) is 14.8 Å². The fourth-order valence-corrected chi connectivity index (χ4v) is 6.06. The van der Waals surface area contributed by atoms with Gasteiger partial charge < -0.3 is 9.47 Å². The second-order valence-electron chi connectivity index (χ2n) is 9.13. The number of amides is 1. The predicted molar refractivity (Wildman–Crippen MR) is 137 cm³/mol. The first-order valence-corrected chi connectivity index (χ1v) is 13.1. The second-order valence-corrected chi connectivity index (χ2v) is 10.8. The Hall–Kier alpha value is -4.05. The van der Waals surface area contributed by atoms with E-state index in [1.54, 1.807) is 36.5 Å². The minimum Gasteiger partial charge on any atom is -0.496 e. The number of aryl methyl sites for hydroxylation is 2. The zero-order valence-electron chi connectivity index (χ0n) is 20.8. The Morgan fingerprint density at radius 3 is 2.54 bits per heavy atom. The van der Waals surface area contributed by atoms with Crippen LogP contribution in [0.15, 0.2) is 65.8 Å². The van der Waals surface area contributed by atoms with Crippen molar-refractivity contribution in [1.82, 2.24) is 19.7 Å². The molecule has 0 unspecified atom stereocenters. The van der Waals surface area contributed by atoms with Crippen molar-refractivity contribution in [3.63, 3.8) is 0 Å². The van der Waals surface area contributed by atoms with Crippen molar-refractivity contribution in [2.75, 3.05) is 14.2 Å². The first-order valence-electron chi connectivity index (χ1n) is 11.6. The highest BCUT2D eigenvalue weighted by Crippen LogP contribution is 2.62. The Kier molecular flexibility index (Phi) is 6.07. The van der Waals surface area contributed by atoms with E-state index in [4.69, 9.17) is 9.47 Å². The molecule has 2 heterocycles. The normalized spacial score (nSPS) is 18.9. The first kappa shape index (κ1) is 24.6. The minimum atomic E-state index is -4.23. The lowest BCUT2D eigenvalue weighted by molar-refractivity contribution is -0.122. The number of fused-ring (bicyclic) bond motifs is 1. The lowest BCUT2D eigenvalue weighted by Crippen LogP contribution is -2.40. The van der Waals surface area contributed by atoms with E-state index in [9.17, 15) is 13.2 Å². The Balaban J connectivity index is 1.58. The quantitative estimate of drug-likeness (QED) is 0.394. The SMILES string of the molecule is COc1cnc([C@H]2C[C@@]2(C(=O)NS(=O)(=O)c2cccc3nc(C)ccc23)c2cc(C)ccc2OC)cn1. The van der Waals surface area contributed by atoms with Crippen molar-refractivity contribution in [1.29, 1.82) is 0 Å². The number of ether oxygens (including phenoxy) is 2. The van der Waals surface area contributed by atoms with Gasteiger partial charge in [0.2, 0.25) is 11.8 Å². The van der Waals surface area contributed by atoms with E-state index < -0.39 is 27.3 Å². The zero-order valence-corrected chi connectivity index (χ0v) is 21.7. The number of aromatic nitrogens is 3. The molecular formula is C27H26N4O5S. The third-order valence-electron chi connectivity index (χ3n) is 6.76. The molecule has 1 aliphatic rings. The molecule has 2 atom stereocenters. The van der Waals surface area contributed by atoms with Crippen LogP contribution in [0.2, 0.25) is 0 Å². The average molecular weight is 519 g/mol. The molecule has 1 amide bonds. The molecule has 4 aromatic rings. The standard InChI is InChI=1S/C27H26N4O5S/c1-16-8-11-23(35-3)19(12-16)27(13-20(27)22-14-29-25(36-4)15-28-22)26(32)31-37(33,34)24-7-5-6-21-18(24)10-9-17(2)30-21/h5-12,14-15,20H,13H2,1-4H3,(H,31,32)/t20-,27-/m1/s1. The van der Waals surface area contributed by atoms with Crippen LogP contribution in [0.5, 0.6) is 11.6 Å². The van der Waals surface area contributed by atoms with Gasteiger partial charge in [-0.25, -0.2) is 18.1 Å². The van der Waals surface area contributed by atoms with E-state index in [1.807, 2.05) is 26.0 Å². The van der Waals surface area contributed by atoms with E-state index in [0.29, 0.717) is 40.2 Å². The van der Waals surface area contributed by atoms with Gasteiger partial charge in [0.15, 0.2) is 0 Å². The summed E-state index contributed by atoms with van der Waals surface area (Å²) in [6, 6.07) is 13.8. The number of rotatable bonds is 7. The Bertz CT molecular complexity index is 1620. The predicted octanol–water partition coefficient (Wildman–Crippen LogP) is 3.59. The monoisotopic (exact) mass is 518 g/mol. The van der Waals surface area contributed by atoms with E-state index in [0.717, 1.165) is 11.3 Å². The van der Waals surface area contributed by atoms with Crippen LogP contribution in [0.4, 0.5) is 0 Å². The molecular weight excluding hydrogens is 492 g/mol. The van der Waals surface area contributed by atoms with Gasteiger partial charge in [0.1, 0.15) is 5.75 Å². The van der Waals surface area contributed by atoms with Crippen molar-refractivity contribution >= 4 is 26.8 Å². The fourth-order valence-electron chi connectivity index (χ4n) is 4.80. The Morgan fingerprint density at radius 2 is 1.84 bits per heavy atom. The summed E-state index contributed by atoms with van der Waals surface area (Å²) < 4.78 is 40.2. The van der Waals surface area contributed by atoms with Gasteiger partial charge in [0.25, 0.3) is 10.0 Å². The molecule has 1 aliphatic carbocycles. The van der Waals surface area contributed by atoms with Gasteiger partial charge in [0.05, 0.1) is 48.1 Å². The molecule has 0 bridgehead atoms.